The van der Waals surface area contributed by atoms with E-state index < -0.39 is 11.0 Å². The second-order valence-electron chi connectivity index (χ2n) is 5.95. The summed E-state index contributed by atoms with van der Waals surface area (Å²) in [5.74, 6) is 0.750. The molecule has 0 aliphatic heterocycles. The van der Waals surface area contributed by atoms with E-state index in [1.54, 1.807) is 0 Å². The summed E-state index contributed by atoms with van der Waals surface area (Å²) in [6, 6.07) is 0.291. The maximum Gasteiger partial charge on any atom is 0.227 e. The lowest BCUT2D eigenvalue weighted by molar-refractivity contribution is -0.133. The highest BCUT2D eigenvalue weighted by Crippen LogP contribution is 2.34. The minimum Gasteiger partial charge on any atom is -0.353 e. The summed E-state index contributed by atoms with van der Waals surface area (Å²) < 4.78 is 0. The third kappa shape index (κ3) is 2.71. The highest BCUT2D eigenvalue weighted by molar-refractivity contribution is 5.83. The molecule has 1 saturated carbocycles. The van der Waals surface area contributed by atoms with Gasteiger partial charge in [-0.3, -0.25) is 4.79 Å². The van der Waals surface area contributed by atoms with Gasteiger partial charge in [-0.1, -0.05) is 0 Å². The summed E-state index contributed by atoms with van der Waals surface area (Å²) in [5, 5.41) is 3.07. The first-order valence-corrected chi connectivity index (χ1v) is 5.76. The van der Waals surface area contributed by atoms with E-state index in [2.05, 4.69) is 12.2 Å². The zero-order valence-electron chi connectivity index (χ0n) is 10.6. The van der Waals surface area contributed by atoms with Crippen molar-refractivity contribution in [3.63, 3.8) is 0 Å². The zero-order chi connectivity index (χ0) is 11.9. The first kappa shape index (κ1) is 12.5. The van der Waals surface area contributed by atoms with Gasteiger partial charge in [-0.05, 0) is 53.4 Å². The second kappa shape index (κ2) is 3.78. The molecule has 88 valence electrons. The maximum atomic E-state index is 12.1. The molecule has 1 fully saturated rings. The van der Waals surface area contributed by atoms with E-state index in [9.17, 15) is 4.79 Å². The molecule has 3 N–H and O–H groups in total. The summed E-state index contributed by atoms with van der Waals surface area (Å²) in [4.78, 5) is 12.1. The lowest BCUT2D eigenvalue weighted by Crippen LogP contribution is -2.57. The highest BCUT2D eigenvalue weighted by Gasteiger charge is 2.41. The average Bonchev–Trinajstić information content (AvgIpc) is 2.83. The van der Waals surface area contributed by atoms with Crippen molar-refractivity contribution in [2.75, 3.05) is 0 Å². The van der Waals surface area contributed by atoms with Crippen LogP contribution >= 0.6 is 0 Å². The van der Waals surface area contributed by atoms with Crippen LogP contribution in [-0.2, 0) is 4.79 Å². The van der Waals surface area contributed by atoms with Crippen molar-refractivity contribution in [3.05, 3.63) is 0 Å². The number of amides is 1. The van der Waals surface area contributed by atoms with Gasteiger partial charge in [0.05, 0.1) is 5.41 Å². The van der Waals surface area contributed by atoms with Crippen LogP contribution in [0.25, 0.3) is 0 Å². The number of carbonyl (C=O) groups excluding carboxylic acids is 1. The maximum absolute atomic E-state index is 12.1. The quantitative estimate of drug-likeness (QED) is 0.744. The largest absolute Gasteiger partial charge is 0.353 e. The third-order valence-corrected chi connectivity index (χ3v) is 3.87. The molecule has 0 radical (unpaired) electrons. The number of nitrogens with two attached hydrogens (primary N) is 1. The van der Waals surface area contributed by atoms with Crippen molar-refractivity contribution in [1.82, 2.24) is 5.32 Å². The molecular formula is C12H24N2O. The Morgan fingerprint density at radius 1 is 1.33 bits per heavy atom. The molecular weight excluding hydrogens is 188 g/mol. The van der Waals surface area contributed by atoms with Crippen LogP contribution in [0.2, 0.25) is 0 Å². The molecule has 1 amide bonds. The van der Waals surface area contributed by atoms with E-state index in [-0.39, 0.29) is 5.91 Å². The number of rotatable bonds is 4. The Morgan fingerprint density at radius 2 is 1.80 bits per heavy atom. The lowest BCUT2D eigenvalue weighted by Gasteiger charge is -2.37. The minimum absolute atomic E-state index is 0.0643. The molecule has 3 heteroatoms. The van der Waals surface area contributed by atoms with Gasteiger partial charge >= 0.3 is 0 Å². The van der Waals surface area contributed by atoms with E-state index in [0.29, 0.717) is 12.0 Å². The van der Waals surface area contributed by atoms with Crippen LogP contribution in [0, 0.1) is 11.3 Å². The summed E-state index contributed by atoms with van der Waals surface area (Å²) in [6.07, 6.45) is 2.49. The van der Waals surface area contributed by atoms with Crippen molar-refractivity contribution in [3.8, 4) is 0 Å². The van der Waals surface area contributed by atoms with Gasteiger partial charge in [0.15, 0.2) is 0 Å². The zero-order valence-corrected chi connectivity index (χ0v) is 10.6. The standard InChI is InChI=1S/C12H24N2O/c1-8(9-6-7-9)14-10(15)11(2,3)12(4,5)13/h8-9H,6-7,13H2,1-5H3,(H,14,15). The van der Waals surface area contributed by atoms with E-state index in [1.807, 2.05) is 27.7 Å². The summed E-state index contributed by atoms with van der Waals surface area (Å²) in [6.45, 7) is 9.68. The van der Waals surface area contributed by atoms with Crippen LogP contribution in [0.1, 0.15) is 47.5 Å². The number of nitrogens with one attached hydrogen (secondary N) is 1. The molecule has 1 aliphatic rings. The van der Waals surface area contributed by atoms with Gasteiger partial charge in [-0.25, -0.2) is 0 Å². The summed E-state index contributed by atoms with van der Waals surface area (Å²) in [5.41, 5.74) is 4.99. The average molecular weight is 212 g/mol. The molecule has 3 nitrogen and oxygen atoms in total. The van der Waals surface area contributed by atoms with E-state index >= 15 is 0 Å². The fourth-order valence-electron chi connectivity index (χ4n) is 1.39. The fourth-order valence-corrected chi connectivity index (χ4v) is 1.39. The predicted molar refractivity (Wildman–Crippen MR) is 62.4 cm³/mol. The van der Waals surface area contributed by atoms with E-state index in [0.717, 1.165) is 0 Å². The Morgan fingerprint density at radius 3 is 2.13 bits per heavy atom. The summed E-state index contributed by atoms with van der Waals surface area (Å²) >= 11 is 0. The Labute approximate surface area is 92.8 Å². The summed E-state index contributed by atoms with van der Waals surface area (Å²) in [7, 11) is 0. The molecule has 0 saturated heterocycles. The van der Waals surface area contributed by atoms with Crippen molar-refractivity contribution in [2.45, 2.75) is 59.0 Å². The SMILES string of the molecule is CC(NC(=O)C(C)(C)C(C)(C)N)C1CC1. The number of carbonyl (C=O) groups is 1. The van der Waals surface area contributed by atoms with Crippen molar-refractivity contribution >= 4 is 5.91 Å². The van der Waals surface area contributed by atoms with Gasteiger partial charge in [0.25, 0.3) is 0 Å². The van der Waals surface area contributed by atoms with Crippen LogP contribution in [0.15, 0.2) is 0 Å². The Bertz CT molecular complexity index is 249. The van der Waals surface area contributed by atoms with Crippen molar-refractivity contribution < 1.29 is 4.79 Å². The molecule has 1 unspecified atom stereocenters. The van der Waals surface area contributed by atoms with Crippen LogP contribution in [0.5, 0.6) is 0 Å². The van der Waals surface area contributed by atoms with Crippen LogP contribution in [0.4, 0.5) is 0 Å². The van der Waals surface area contributed by atoms with Gasteiger partial charge in [0.1, 0.15) is 0 Å². The van der Waals surface area contributed by atoms with Gasteiger partial charge in [-0.2, -0.15) is 0 Å². The minimum atomic E-state index is -0.532. The van der Waals surface area contributed by atoms with Crippen molar-refractivity contribution in [1.29, 1.82) is 0 Å². The topological polar surface area (TPSA) is 55.1 Å². The number of hydrogen-bond acceptors (Lipinski definition) is 2. The van der Waals surface area contributed by atoms with Gasteiger partial charge < -0.3 is 11.1 Å². The Balaban J connectivity index is 2.58. The second-order valence-corrected chi connectivity index (χ2v) is 5.95. The molecule has 0 aromatic heterocycles. The van der Waals surface area contributed by atoms with E-state index in [4.69, 9.17) is 5.73 Å². The molecule has 0 bridgehead atoms. The fraction of sp³-hybridized carbons (Fsp3) is 0.917. The molecule has 1 aliphatic carbocycles. The Hall–Kier alpha value is -0.570. The molecule has 0 aromatic carbocycles. The Kier molecular flexibility index (Phi) is 3.15. The number of hydrogen-bond donors (Lipinski definition) is 2. The van der Waals surface area contributed by atoms with Gasteiger partial charge in [-0.15, -0.1) is 0 Å². The monoisotopic (exact) mass is 212 g/mol. The van der Waals surface area contributed by atoms with Crippen molar-refractivity contribution in [2.24, 2.45) is 17.1 Å². The first-order chi connectivity index (χ1) is 6.66. The molecule has 0 heterocycles. The molecule has 0 spiro atoms. The smallest absolute Gasteiger partial charge is 0.227 e. The lowest BCUT2D eigenvalue weighted by atomic mass is 9.74. The van der Waals surface area contributed by atoms with Crippen LogP contribution in [0.3, 0.4) is 0 Å². The normalized spacial score (nSPS) is 19.9. The van der Waals surface area contributed by atoms with Crippen LogP contribution < -0.4 is 11.1 Å². The molecule has 15 heavy (non-hydrogen) atoms. The van der Waals surface area contributed by atoms with Crippen LogP contribution in [-0.4, -0.2) is 17.5 Å². The van der Waals surface area contributed by atoms with E-state index in [1.165, 1.54) is 12.8 Å². The first-order valence-electron chi connectivity index (χ1n) is 5.76. The molecule has 0 aromatic rings. The van der Waals surface area contributed by atoms with Gasteiger partial charge in [0, 0.05) is 11.6 Å². The van der Waals surface area contributed by atoms with Gasteiger partial charge in [0.2, 0.25) is 5.91 Å². The highest BCUT2D eigenvalue weighted by atomic mass is 16.2. The molecule has 1 atom stereocenters. The third-order valence-electron chi connectivity index (χ3n) is 3.87. The molecule has 1 rings (SSSR count). The predicted octanol–water partition coefficient (Wildman–Crippen LogP) is 1.66.